The van der Waals surface area contributed by atoms with Gasteiger partial charge in [0.25, 0.3) is 5.91 Å². The Labute approximate surface area is 144 Å². The Kier molecular flexibility index (Phi) is 4.55. The zero-order chi connectivity index (χ0) is 16.4. The molecule has 0 aromatic carbocycles. The second kappa shape index (κ2) is 6.81. The van der Waals surface area contributed by atoms with Gasteiger partial charge in [-0.3, -0.25) is 14.7 Å². The van der Waals surface area contributed by atoms with Crippen molar-refractivity contribution in [1.82, 2.24) is 14.8 Å². The van der Waals surface area contributed by atoms with Crippen molar-refractivity contribution in [3.8, 4) is 0 Å². The molecule has 0 unspecified atom stereocenters. The third-order valence-corrected chi connectivity index (χ3v) is 5.91. The molecule has 0 saturated carbocycles. The molecule has 3 fully saturated rings. The van der Waals surface area contributed by atoms with E-state index in [2.05, 4.69) is 20.9 Å². The van der Waals surface area contributed by atoms with Gasteiger partial charge in [-0.1, -0.05) is 6.07 Å². The van der Waals surface area contributed by atoms with Gasteiger partial charge in [0.05, 0.1) is 0 Å². The molecule has 1 aromatic rings. The van der Waals surface area contributed by atoms with E-state index < -0.39 is 0 Å². The van der Waals surface area contributed by atoms with Crippen LogP contribution in [0, 0.1) is 0 Å². The summed E-state index contributed by atoms with van der Waals surface area (Å²) in [6.07, 6.45) is 10.2. The number of nitrogens with zero attached hydrogens (tertiary/aromatic N) is 3. The van der Waals surface area contributed by atoms with Crippen molar-refractivity contribution >= 4 is 5.91 Å². The fraction of sp³-hybridized carbons (Fsp3) is 0.684. The Bertz CT molecular complexity index is 573. The Morgan fingerprint density at radius 1 is 1.29 bits per heavy atom. The van der Waals surface area contributed by atoms with E-state index >= 15 is 0 Å². The molecule has 0 N–H and O–H groups in total. The van der Waals surface area contributed by atoms with Crippen LogP contribution in [-0.4, -0.2) is 58.6 Å². The SMILES string of the molecule is O=C([C@@H]1CCCO1)N1CCC[C@]2(CCCN2Cc2cccnc2)C1. The van der Waals surface area contributed by atoms with E-state index in [9.17, 15) is 4.79 Å². The molecule has 5 nitrogen and oxygen atoms in total. The molecule has 4 heterocycles. The highest BCUT2D eigenvalue weighted by molar-refractivity contribution is 5.81. The lowest BCUT2D eigenvalue weighted by molar-refractivity contribution is -0.144. The predicted molar refractivity (Wildman–Crippen MR) is 91.4 cm³/mol. The van der Waals surface area contributed by atoms with E-state index in [-0.39, 0.29) is 17.6 Å². The molecule has 130 valence electrons. The van der Waals surface area contributed by atoms with Gasteiger partial charge >= 0.3 is 0 Å². The second-order valence-electron chi connectivity index (χ2n) is 7.48. The highest BCUT2D eigenvalue weighted by atomic mass is 16.5. The molecule has 3 saturated heterocycles. The van der Waals surface area contributed by atoms with E-state index in [4.69, 9.17) is 4.74 Å². The van der Waals surface area contributed by atoms with Gasteiger partial charge in [-0.2, -0.15) is 0 Å². The smallest absolute Gasteiger partial charge is 0.251 e. The number of likely N-dealkylation sites (tertiary alicyclic amines) is 2. The number of rotatable bonds is 3. The molecular weight excluding hydrogens is 302 g/mol. The molecule has 24 heavy (non-hydrogen) atoms. The fourth-order valence-corrected chi connectivity index (χ4v) is 4.69. The lowest BCUT2D eigenvalue weighted by Crippen LogP contribution is -2.58. The second-order valence-corrected chi connectivity index (χ2v) is 7.48. The molecule has 2 atom stereocenters. The summed E-state index contributed by atoms with van der Waals surface area (Å²) in [7, 11) is 0. The van der Waals surface area contributed by atoms with Crippen molar-refractivity contribution < 1.29 is 9.53 Å². The zero-order valence-corrected chi connectivity index (χ0v) is 14.3. The minimum atomic E-state index is -0.187. The maximum absolute atomic E-state index is 12.8. The van der Waals surface area contributed by atoms with Crippen LogP contribution >= 0.6 is 0 Å². The summed E-state index contributed by atoms with van der Waals surface area (Å²) in [6, 6.07) is 4.16. The number of pyridine rings is 1. The lowest BCUT2D eigenvalue weighted by Gasteiger charge is -2.46. The predicted octanol–water partition coefficient (Wildman–Crippen LogP) is 2.22. The van der Waals surface area contributed by atoms with Crippen molar-refractivity contribution in [2.45, 2.75) is 56.7 Å². The Morgan fingerprint density at radius 3 is 2.92 bits per heavy atom. The van der Waals surface area contributed by atoms with E-state index in [0.29, 0.717) is 0 Å². The van der Waals surface area contributed by atoms with Crippen molar-refractivity contribution in [2.24, 2.45) is 0 Å². The Balaban J connectivity index is 1.47. The monoisotopic (exact) mass is 329 g/mol. The van der Waals surface area contributed by atoms with Crippen molar-refractivity contribution in [3.05, 3.63) is 30.1 Å². The summed E-state index contributed by atoms with van der Waals surface area (Å²) < 4.78 is 5.63. The van der Waals surface area contributed by atoms with Crippen LogP contribution in [0.15, 0.2) is 24.5 Å². The summed E-state index contributed by atoms with van der Waals surface area (Å²) >= 11 is 0. The van der Waals surface area contributed by atoms with Crippen LogP contribution in [-0.2, 0) is 16.1 Å². The van der Waals surface area contributed by atoms with E-state index in [1.165, 1.54) is 24.8 Å². The average molecular weight is 329 g/mol. The van der Waals surface area contributed by atoms with Crippen LogP contribution < -0.4 is 0 Å². The van der Waals surface area contributed by atoms with Crippen LogP contribution in [0.2, 0.25) is 0 Å². The maximum Gasteiger partial charge on any atom is 0.251 e. The first-order chi connectivity index (χ1) is 11.8. The standard InChI is InChI=1S/C19H27N3O2/c23-18(17-6-2-12-24-17)21-10-3-7-19(15-21)8-4-11-22(19)14-16-5-1-9-20-13-16/h1,5,9,13,17H,2-4,6-8,10-12,14-15H2/t17-,19-/m0/s1. The minimum absolute atomic E-state index is 0.155. The summed E-state index contributed by atoms with van der Waals surface area (Å²) in [4.78, 5) is 21.7. The zero-order valence-electron chi connectivity index (χ0n) is 14.3. The van der Waals surface area contributed by atoms with E-state index in [0.717, 1.165) is 52.0 Å². The number of hydrogen-bond acceptors (Lipinski definition) is 4. The van der Waals surface area contributed by atoms with Gasteiger partial charge < -0.3 is 9.64 Å². The molecule has 1 aromatic heterocycles. The van der Waals surface area contributed by atoms with Gasteiger partial charge in [0.2, 0.25) is 0 Å². The summed E-state index contributed by atoms with van der Waals surface area (Å²) in [6.45, 7) is 4.56. The number of piperidine rings is 1. The molecule has 4 rings (SSSR count). The van der Waals surface area contributed by atoms with Crippen molar-refractivity contribution in [1.29, 1.82) is 0 Å². The largest absolute Gasteiger partial charge is 0.368 e. The molecule has 5 heteroatoms. The van der Waals surface area contributed by atoms with Crippen LogP contribution in [0.5, 0.6) is 0 Å². The van der Waals surface area contributed by atoms with Gasteiger partial charge in [-0.05, 0) is 56.7 Å². The first-order valence-corrected chi connectivity index (χ1v) is 9.31. The fourth-order valence-electron chi connectivity index (χ4n) is 4.69. The molecule has 1 spiro atoms. The molecule has 3 aliphatic rings. The quantitative estimate of drug-likeness (QED) is 0.853. The van der Waals surface area contributed by atoms with E-state index in [1.54, 1.807) is 0 Å². The Morgan fingerprint density at radius 2 is 2.17 bits per heavy atom. The van der Waals surface area contributed by atoms with Crippen LogP contribution in [0.3, 0.4) is 0 Å². The van der Waals surface area contributed by atoms with Crippen molar-refractivity contribution in [3.63, 3.8) is 0 Å². The highest BCUT2D eigenvalue weighted by Crippen LogP contribution is 2.38. The number of hydrogen-bond donors (Lipinski definition) is 0. The minimum Gasteiger partial charge on any atom is -0.368 e. The summed E-state index contributed by atoms with van der Waals surface area (Å²) in [5, 5.41) is 0. The van der Waals surface area contributed by atoms with Gasteiger partial charge in [0.15, 0.2) is 0 Å². The topological polar surface area (TPSA) is 45.7 Å². The molecular formula is C19H27N3O2. The number of carbonyl (C=O) groups is 1. The van der Waals surface area contributed by atoms with Gasteiger partial charge in [0, 0.05) is 44.2 Å². The molecule has 3 aliphatic heterocycles. The maximum atomic E-state index is 12.8. The van der Waals surface area contributed by atoms with E-state index in [1.807, 2.05) is 18.5 Å². The van der Waals surface area contributed by atoms with Crippen LogP contribution in [0.25, 0.3) is 0 Å². The van der Waals surface area contributed by atoms with Crippen molar-refractivity contribution in [2.75, 3.05) is 26.2 Å². The number of amides is 1. The van der Waals surface area contributed by atoms with Gasteiger partial charge in [0.1, 0.15) is 6.10 Å². The Hall–Kier alpha value is -1.46. The number of aromatic nitrogens is 1. The average Bonchev–Trinajstić information content (AvgIpc) is 3.27. The lowest BCUT2D eigenvalue weighted by atomic mass is 9.86. The van der Waals surface area contributed by atoms with Gasteiger partial charge in [-0.25, -0.2) is 0 Å². The first kappa shape index (κ1) is 16.0. The molecule has 0 radical (unpaired) electrons. The number of ether oxygens (including phenoxy) is 1. The molecule has 0 bridgehead atoms. The molecule has 0 aliphatic carbocycles. The summed E-state index contributed by atoms with van der Waals surface area (Å²) in [5.41, 5.74) is 1.42. The highest BCUT2D eigenvalue weighted by Gasteiger charge is 2.45. The third kappa shape index (κ3) is 3.07. The number of carbonyl (C=O) groups excluding carboxylic acids is 1. The third-order valence-electron chi connectivity index (χ3n) is 5.91. The van der Waals surface area contributed by atoms with Gasteiger partial charge in [-0.15, -0.1) is 0 Å². The normalized spacial score (nSPS) is 31.0. The van der Waals surface area contributed by atoms with Crippen LogP contribution in [0.4, 0.5) is 0 Å². The first-order valence-electron chi connectivity index (χ1n) is 9.31. The summed E-state index contributed by atoms with van der Waals surface area (Å²) in [5.74, 6) is 0.222. The molecule has 1 amide bonds. The van der Waals surface area contributed by atoms with Crippen LogP contribution in [0.1, 0.15) is 44.1 Å².